The van der Waals surface area contributed by atoms with Gasteiger partial charge in [0.1, 0.15) is 5.76 Å². The Hall–Kier alpha value is -0.800. The molecular weight excluding hydrogens is 224 g/mol. The molecule has 0 bridgehead atoms. The smallest absolute Gasteiger partial charge is 0.105 e. The summed E-state index contributed by atoms with van der Waals surface area (Å²) in [4.78, 5) is 2.60. The maximum Gasteiger partial charge on any atom is 0.105 e. The molecule has 1 aromatic heterocycles. The number of rotatable bonds is 7. The van der Waals surface area contributed by atoms with E-state index in [1.54, 1.807) is 6.26 Å². The summed E-state index contributed by atoms with van der Waals surface area (Å²) in [5.74, 6) is 1.10. The predicted octanol–water partition coefficient (Wildman–Crippen LogP) is 2.67. The third kappa shape index (κ3) is 3.85. The van der Waals surface area contributed by atoms with Crippen molar-refractivity contribution in [1.29, 1.82) is 0 Å². The quantitative estimate of drug-likeness (QED) is 0.806. The van der Waals surface area contributed by atoms with Crippen LogP contribution in [0.3, 0.4) is 0 Å². The molecule has 0 radical (unpaired) electrons. The van der Waals surface area contributed by atoms with Gasteiger partial charge in [-0.15, -0.1) is 0 Å². The Labute approximate surface area is 111 Å². The first-order chi connectivity index (χ1) is 8.79. The van der Waals surface area contributed by atoms with E-state index >= 15 is 0 Å². The van der Waals surface area contributed by atoms with Gasteiger partial charge in [0.2, 0.25) is 0 Å². The van der Waals surface area contributed by atoms with Gasteiger partial charge in [0.05, 0.1) is 6.26 Å². The minimum Gasteiger partial charge on any atom is -0.469 e. The normalized spacial score (nSPS) is 21.6. The van der Waals surface area contributed by atoms with E-state index in [4.69, 9.17) is 4.42 Å². The lowest BCUT2D eigenvalue weighted by Gasteiger charge is -2.30. The van der Waals surface area contributed by atoms with Crippen LogP contribution in [0.1, 0.15) is 38.9 Å². The fourth-order valence-electron chi connectivity index (χ4n) is 2.82. The van der Waals surface area contributed by atoms with Gasteiger partial charge in [-0.1, -0.05) is 6.92 Å². The fraction of sp³-hybridized carbons (Fsp3) is 0.733. The lowest BCUT2D eigenvalue weighted by Crippen LogP contribution is -2.43. The van der Waals surface area contributed by atoms with Crippen molar-refractivity contribution in [3.63, 3.8) is 0 Å². The summed E-state index contributed by atoms with van der Waals surface area (Å²) in [5.41, 5.74) is 0. The highest BCUT2D eigenvalue weighted by molar-refractivity contribution is 5.00. The Morgan fingerprint density at radius 3 is 3.06 bits per heavy atom. The van der Waals surface area contributed by atoms with Gasteiger partial charge in [0.25, 0.3) is 0 Å². The number of hydrogen-bond donors (Lipinski definition) is 1. The van der Waals surface area contributed by atoms with Gasteiger partial charge in [-0.3, -0.25) is 4.90 Å². The van der Waals surface area contributed by atoms with Crippen molar-refractivity contribution in [2.24, 2.45) is 0 Å². The third-order valence-electron chi connectivity index (χ3n) is 3.83. The summed E-state index contributed by atoms with van der Waals surface area (Å²) in [6.45, 7) is 8.12. The fourth-order valence-corrected chi connectivity index (χ4v) is 2.82. The van der Waals surface area contributed by atoms with Crippen molar-refractivity contribution in [2.45, 2.75) is 51.6 Å². The molecule has 1 aromatic rings. The third-order valence-corrected chi connectivity index (χ3v) is 3.83. The Morgan fingerprint density at radius 1 is 1.56 bits per heavy atom. The van der Waals surface area contributed by atoms with Crippen LogP contribution in [0, 0.1) is 0 Å². The monoisotopic (exact) mass is 250 g/mol. The molecule has 0 aromatic carbocycles. The molecule has 18 heavy (non-hydrogen) atoms. The molecule has 3 heteroatoms. The molecule has 1 fully saturated rings. The highest BCUT2D eigenvalue weighted by Crippen LogP contribution is 2.13. The van der Waals surface area contributed by atoms with Gasteiger partial charge in [-0.2, -0.15) is 0 Å². The van der Waals surface area contributed by atoms with Crippen LogP contribution in [0.15, 0.2) is 22.8 Å². The van der Waals surface area contributed by atoms with Crippen LogP contribution >= 0.6 is 0 Å². The van der Waals surface area contributed by atoms with Crippen LogP contribution in [0.2, 0.25) is 0 Å². The summed E-state index contributed by atoms with van der Waals surface area (Å²) in [6, 6.07) is 5.30. The predicted molar refractivity (Wildman–Crippen MR) is 74.8 cm³/mol. The van der Waals surface area contributed by atoms with Crippen LogP contribution in [-0.4, -0.2) is 36.6 Å². The second kappa shape index (κ2) is 6.95. The van der Waals surface area contributed by atoms with E-state index < -0.39 is 0 Å². The van der Waals surface area contributed by atoms with Gasteiger partial charge in [0.15, 0.2) is 0 Å². The van der Waals surface area contributed by atoms with E-state index in [0.717, 1.165) is 12.2 Å². The highest BCUT2D eigenvalue weighted by Gasteiger charge is 2.21. The molecule has 1 N–H and O–H groups in total. The zero-order valence-corrected chi connectivity index (χ0v) is 11.7. The number of nitrogens with one attached hydrogen (secondary N) is 1. The zero-order chi connectivity index (χ0) is 12.8. The summed E-state index contributed by atoms with van der Waals surface area (Å²) < 4.78 is 5.46. The molecular formula is C15H26N2O. The first-order valence-electron chi connectivity index (χ1n) is 7.29. The van der Waals surface area contributed by atoms with Gasteiger partial charge < -0.3 is 9.73 Å². The maximum atomic E-state index is 5.46. The van der Waals surface area contributed by atoms with Crippen LogP contribution < -0.4 is 5.32 Å². The van der Waals surface area contributed by atoms with Crippen molar-refractivity contribution in [3.05, 3.63) is 24.2 Å². The van der Waals surface area contributed by atoms with Gasteiger partial charge >= 0.3 is 0 Å². The number of hydrogen-bond acceptors (Lipinski definition) is 3. The van der Waals surface area contributed by atoms with Gasteiger partial charge in [0, 0.05) is 25.0 Å². The molecule has 3 nitrogen and oxygen atoms in total. The average molecular weight is 250 g/mol. The van der Waals surface area contributed by atoms with Crippen molar-refractivity contribution in [1.82, 2.24) is 10.2 Å². The molecule has 1 aliphatic heterocycles. The summed E-state index contributed by atoms with van der Waals surface area (Å²) >= 11 is 0. The molecule has 0 saturated carbocycles. The molecule has 0 amide bonds. The van der Waals surface area contributed by atoms with Crippen LogP contribution in [-0.2, 0) is 6.42 Å². The standard InChI is InChI=1S/C15H26N2O/c1-3-9-17(12-14-6-4-8-16-14)13(2)11-15-7-5-10-18-15/h5,7,10,13-14,16H,3-4,6,8-9,11-12H2,1-2H3. The SMILES string of the molecule is CCCN(CC1CCCN1)C(C)Cc1ccco1. The molecule has 0 spiro atoms. The summed E-state index contributed by atoms with van der Waals surface area (Å²) in [5, 5.41) is 3.59. The Bertz CT molecular complexity index is 317. The summed E-state index contributed by atoms with van der Waals surface area (Å²) in [6.07, 6.45) is 6.66. The average Bonchev–Trinajstić information content (AvgIpc) is 3.01. The van der Waals surface area contributed by atoms with E-state index in [-0.39, 0.29) is 0 Å². The zero-order valence-electron chi connectivity index (χ0n) is 11.7. The Kier molecular flexibility index (Phi) is 5.26. The molecule has 102 valence electrons. The van der Waals surface area contributed by atoms with E-state index in [2.05, 4.69) is 30.1 Å². The number of nitrogens with zero attached hydrogens (tertiary/aromatic N) is 1. The van der Waals surface area contributed by atoms with Crippen molar-refractivity contribution in [2.75, 3.05) is 19.6 Å². The molecule has 2 rings (SSSR count). The second-order valence-electron chi connectivity index (χ2n) is 5.42. The second-order valence-corrected chi connectivity index (χ2v) is 5.42. The Balaban J connectivity index is 1.86. The van der Waals surface area contributed by atoms with Crippen molar-refractivity contribution < 1.29 is 4.42 Å². The highest BCUT2D eigenvalue weighted by atomic mass is 16.3. The van der Waals surface area contributed by atoms with Gasteiger partial charge in [-0.05, 0) is 51.4 Å². The Morgan fingerprint density at radius 2 is 2.44 bits per heavy atom. The minimum atomic E-state index is 0.554. The lowest BCUT2D eigenvalue weighted by atomic mass is 10.1. The van der Waals surface area contributed by atoms with E-state index in [1.165, 1.54) is 38.9 Å². The van der Waals surface area contributed by atoms with Crippen molar-refractivity contribution >= 4 is 0 Å². The molecule has 1 saturated heterocycles. The maximum absolute atomic E-state index is 5.46. The molecule has 0 aliphatic carbocycles. The van der Waals surface area contributed by atoms with Gasteiger partial charge in [-0.25, -0.2) is 0 Å². The van der Waals surface area contributed by atoms with Crippen LogP contribution in [0.4, 0.5) is 0 Å². The molecule has 1 aliphatic rings. The van der Waals surface area contributed by atoms with E-state index in [1.807, 2.05) is 6.07 Å². The topological polar surface area (TPSA) is 28.4 Å². The lowest BCUT2D eigenvalue weighted by molar-refractivity contribution is 0.184. The van der Waals surface area contributed by atoms with Crippen LogP contribution in [0.5, 0.6) is 0 Å². The van der Waals surface area contributed by atoms with E-state index in [9.17, 15) is 0 Å². The molecule has 2 heterocycles. The number of furan rings is 1. The van der Waals surface area contributed by atoms with E-state index in [0.29, 0.717) is 12.1 Å². The first kappa shape index (κ1) is 13.6. The minimum absolute atomic E-state index is 0.554. The first-order valence-corrected chi connectivity index (χ1v) is 7.29. The summed E-state index contributed by atoms with van der Waals surface area (Å²) in [7, 11) is 0. The van der Waals surface area contributed by atoms with Crippen LogP contribution in [0.25, 0.3) is 0 Å². The molecule has 2 unspecified atom stereocenters. The largest absolute Gasteiger partial charge is 0.469 e. The molecule has 2 atom stereocenters. The van der Waals surface area contributed by atoms with Crippen molar-refractivity contribution in [3.8, 4) is 0 Å².